The van der Waals surface area contributed by atoms with Crippen molar-refractivity contribution >= 4 is 18.0 Å². The molecule has 0 saturated heterocycles. The number of carbonyl (C=O) groups is 3. The van der Waals surface area contributed by atoms with Crippen molar-refractivity contribution in [3.63, 3.8) is 0 Å². The zero-order chi connectivity index (χ0) is 23.9. The molecule has 2 aliphatic carbocycles. The fraction of sp³-hybridized carbons (Fsp3) is 0.444. The Kier molecular flexibility index (Phi) is 7.83. The first-order chi connectivity index (χ1) is 16.5. The van der Waals surface area contributed by atoms with Crippen molar-refractivity contribution in [3.8, 4) is 11.1 Å². The molecule has 2 atom stereocenters. The van der Waals surface area contributed by atoms with Crippen molar-refractivity contribution in [3.05, 3.63) is 59.7 Å². The zero-order valence-corrected chi connectivity index (χ0v) is 19.3. The number of hydrogen-bond donors (Lipinski definition) is 3. The fourth-order valence-corrected chi connectivity index (χ4v) is 5.16. The maximum Gasteiger partial charge on any atom is 0.407 e. The molecule has 2 aromatic carbocycles. The van der Waals surface area contributed by atoms with Gasteiger partial charge in [-0.15, -0.1) is 0 Å². The van der Waals surface area contributed by atoms with Gasteiger partial charge in [0.15, 0.2) is 0 Å². The van der Waals surface area contributed by atoms with Crippen molar-refractivity contribution in [1.29, 1.82) is 0 Å². The van der Waals surface area contributed by atoms with E-state index in [1.54, 1.807) is 0 Å². The van der Waals surface area contributed by atoms with Crippen molar-refractivity contribution in [1.82, 2.24) is 10.6 Å². The van der Waals surface area contributed by atoms with Crippen LogP contribution < -0.4 is 10.6 Å². The van der Waals surface area contributed by atoms with E-state index in [1.807, 2.05) is 24.3 Å². The highest BCUT2D eigenvalue weighted by atomic mass is 16.5. The van der Waals surface area contributed by atoms with Gasteiger partial charge in [-0.05, 0) is 60.3 Å². The molecule has 0 heterocycles. The Labute approximate surface area is 199 Å². The largest absolute Gasteiger partial charge is 0.481 e. The predicted octanol–water partition coefficient (Wildman–Crippen LogP) is 4.46. The number of carbonyl (C=O) groups excluding carboxylic acids is 2. The number of benzene rings is 2. The summed E-state index contributed by atoms with van der Waals surface area (Å²) in [6, 6.07) is 16.5. The second kappa shape index (κ2) is 11.2. The van der Waals surface area contributed by atoms with Crippen molar-refractivity contribution in [2.45, 2.75) is 56.9 Å². The molecule has 1 fully saturated rings. The van der Waals surface area contributed by atoms with Crippen LogP contribution in [0.4, 0.5) is 4.79 Å². The van der Waals surface area contributed by atoms with Crippen LogP contribution in [0.2, 0.25) is 0 Å². The van der Waals surface area contributed by atoms with E-state index in [0.717, 1.165) is 19.3 Å². The normalized spacial score (nSPS) is 18.7. The van der Waals surface area contributed by atoms with Gasteiger partial charge in [-0.1, -0.05) is 48.5 Å². The first-order valence-corrected chi connectivity index (χ1v) is 12.1. The van der Waals surface area contributed by atoms with Crippen molar-refractivity contribution < 1.29 is 24.2 Å². The summed E-state index contributed by atoms with van der Waals surface area (Å²) in [7, 11) is 0. The molecular weight excluding hydrogens is 432 g/mol. The molecule has 0 bridgehead atoms. The number of nitrogens with one attached hydrogen (secondary N) is 2. The van der Waals surface area contributed by atoms with Gasteiger partial charge in [-0.2, -0.15) is 0 Å². The number of fused-ring (bicyclic) bond motifs is 3. The van der Waals surface area contributed by atoms with Crippen molar-refractivity contribution in [2.75, 3.05) is 13.2 Å². The number of ether oxygens (including phenoxy) is 1. The SMILES string of the molecule is O=C(O)CCCCNC(=O)C[C@@H]1CC[C@H](NC(=O)OCC2c3ccccc3-c3ccccc32)C1. The molecule has 34 heavy (non-hydrogen) atoms. The minimum absolute atomic E-state index is 0.0119. The summed E-state index contributed by atoms with van der Waals surface area (Å²) in [5.41, 5.74) is 4.77. The van der Waals surface area contributed by atoms with Gasteiger partial charge in [-0.3, -0.25) is 9.59 Å². The molecule has 4 rings (SSSR count). The molecule has 180 valence electrons. The maximum absolute atomic E-state index is 12.5. The first-order valence-electron chi connectivity index (χ1n) is 12.1. The maximum atomic E-state index is 12.5. The number of amides is 2. The van der Waals surface area contributed by atoms with Gasteiger partial charge in [0.2, 0.25) is 5.91 Å². The number of rotatable bonds is 10. The topological polar surface area (TPSA) is 105 Å². The van der Waals surface area contributed by atoms with Gasteiger partial charge in [0, 0.05) is 31.3 Å². The van der Waals surface area contributed by atoms with Crippen LogP contribution in [0.15, 0.2) is 48.5 Å². The van der Waals surface area contributed by atoms with Gasteiger partial charge in [0.1, 0.15) is 6.61 Å². The number of carboxylic acids is 1. The van der Waals surface area contributed by atoms with Crippen LogP contribution in [0.5, 0.6) is 0 Å². The number of unbranched alkanes of at least 4 members (excludes halogenated alkanes) is 1. The molecule has 0 radical (unpaired) electrons. The molecule has 0 unspecified atom stereocenters. The summed E-state index contributed by atoms with van der Waals surface area (Å²) in [5, 5.41) is 14.5. The summed E-state index contributed by atoms with van der Waals surface area (Å²) in [6.45, 7) is 0.792. The zero-order valence-electron chi connectivity index (χ0n) is 19.3. The summed E-state index contributed by atoms with van der Waals surface area (Å²) >= 11 is 0. The van der Waals surface area contributed by atoms with Gasteiger partial charge in [0.25, 0.3) is 0 Å². The highest BCUT2D eigenvalue weighted by molar-refractivity contribution is 5.79. The second-order valence-electron chi connectivity index (χ2n) is 9.25. The molecule has 7 nitrogen and oxygen atoms in total. The van der Waals surface area contributed by atoms with E-state index in [4.69, 9.17) is 9.84 Å². The minimum Gasteiger partial charge on any atom is -0.481 e. The van der Waals surface area contributed by atoms with Gasteiger partial charge >= 0.3 is 12.1 Å². The quantitative estimate of drug-likeness (QED) is 0.451. The summed E-state index contributed by atoms with van der Waals surface area (Å²) < 4.78 is 5.64. The molecule has 0 spiro atoms. The number of aliphatic carboxylic acids is 1. The standard InChI is InChI=1S/C27H32N2O5/c30-25(28-14-6-5-11-26(31)32)16-18-12-13-19(15-18)29-27(33)34-17-24-22-9-3-1-7-20(22)21-8-2-4-10-23(21)24/h1-4,7-10,18-19,24H,5-6,11-17H2,(H,28,30)(H,29,33)(H,31,32)/t18-,19+/m1/s1. The monoisotopic (exact) mass is 464 g/mol. The molecule has 2 amide bonds. The van der Waals surface area contributed by atoms with Crippen molar-refractivity contribution in [2.24, 2.45) is 5.92 Å². The molecule has 7 heteroatoms. The lowest BCUT2D eigenvalue weighted by Gasteiger charge is -2.17. The Hall–Kier alpha value is -3.35. The Morgan fingerprint density at radius 2 is 1.62 bits per heavy atom. The number of alkyl carbamates (subject to hydrolysis) is 1. The second-order valence-corrected chi connectivity index (χ2v) is 9.25. The van der Waals surface area contributed by atoms with E-state index in [9.17, 15) is 14.4 Å². The molecule has 2 aliphatic rings. The smallest absolute Gasteiger partial charge is 0.407 e. The van der Waals surface area contributed by atoms with Crippen LogP contribution in [0.25, 0.3) is 11.1 Å². The molecule has 0 aromatic heterocycles. The van der Waals surface area contributed by atoms with Crippen LogP contribution in [0.3, 0.4) is 0 Å². The summed E-state index contributed by atoms with van der Waals surface area (Å²) in [6.07, 6.45) is 3.86. The van der Waals surface area contributed by atoms with Crippen LogP contribution in [0.1, 0.15) is 62.0 Å². The number of hydrogen-bond acceptors (Lipinski definition) is 4. The van der Waals surface area contributed by atoms with Gasteiger partial charge < -0.3 is 20.5 Å². The average molecular weight is 465 g/mol. The summed E-state index contributed by atoms with van der Waals surface area (Å²) in [4.78, 5) is 35.2. The van der Waals surface area contributed by atoms with E-state index in [-0.39, 0.29) is 30.2 Å². The Bertz CT molecular complexity index is 992. The van der Waals surface area contributed by atoms with Crippen LogP contribution in [-0.2, 0) is 14.3 Å². The third-order valence-corrected chi connectivity index (χ3v) is 6.82. The molecule has 2 aromatic rings. The minimum atomic E-state index is -0.813. The first kappa shape index (κ1) is 23.8. The molecule has 3 N–H and O–H groups in total. The van der Waals surface area contributed by atoms with Crippen LogP contribution >= 0.6 is 0 Å². The fourth-order valence-electron chi connectivity index (χ4n) is 5.16. The van der Waals surface area contributed by atoms with E-state index in [2.05, 4.69) is 34.9 Å². The average Bonchev–Trinajstić information content (AvgIpc) is 3.39. The van der Waals surface area contributed by atoms with Crippen LogP contribution in [-0.4, -0.2) is 42.3 Å². The lowest BCUT2D eigenvalue weighted by Crippen LogP contribution is -2.34. The van der Waals surface area contributed by atoms with Gasteiger partial charge in [0.05, 0.1) is 0 Å². The Morgan fingerprint density at radius 3 is 2.29 bits per heavy atom. The molecule has 0 aliphatic heterocycles. The van der Waals surface area contributed by atoms with E-state index in [1.165, 1.54) is 22.3 Å². The number of carboxylic acid groups (broad SMARTS) is 1. The Morgan fingerprint density at radius 1 is 0.941 bits per heavy atom. The van der Waals surface area contributed by atoms with E-state index < -0.39 is 12.1 Å². The highest BCUT2D eigenvalue weighted by Gasteiger charge is 2.31. The third-order valence-electron chi connectivity index (χ3n) is 6.82. The molecular formula is C27H32N2O5. The lowest BCUT2D eigenvalue weighted by atomic mass is 9.98. The highest BCUT2D eigenvalue weighted by Crippen LogP contribution is 2.44. The van der Waals surface area contributed by atoms with Gasteiger partial charge in [-0.25, -0.2) is 4.79 Å². The van der Waals surface area contributed by atoms with Crippen LogP contribution in [0, 0.1) is 5.92 Å². The predicted molar refractivity (Wildman–Crippen MR) is 128 cm³/mol. The van der Waals surface area contributed by atoms with E-state index in [0.29, 0.717) is 32.4 Å². The summed E-state index contributed by atoms with van der Waals surface area (Å²) in [5.74, 6) is -0.555. The third kappa shape index (κ3) is 5.95. The Balaban J connectivity index is 1.19. The van der Waals surface area contributed by atoms with E-state index >= 15 is 0 Å². The molecule has 1 saturated carbocycles. The lowest BCUT2D eigenvalue weighted by molar-refractivity contribution is -0.137.